The number of carbonyl (C=O) groups is 1. The van der Waals surface area contributed by atoms with E-state index in [0.29, 0.717) is 11.3 Å². The zero-order valence-corrected chi connectivity index (χ0v) is 20.5. The Hall–Kier alpha value is -1.58. The fourth-order valence-electron chi connectivity index (χ4n) is 7.28. The Kier molecular flexibility index (Phi) is 8.12. The van der Waals surface area contributed by atoms with E-state index in [4.69, 9.17) is 0 Å². The normalized spacial score (nSPS) is 29.5. The van der Waals surface area contributed by atoms with Crippen LogP contribution in [0.5, 0.6) is 0 Å². The van der Waals surface area contributed by atoms with Crippen molar-refractivity contribution < 1.29 is 4.79 Å². The molecule has 0 spiro atoms. The van der Waals surface area contributed by atoms with Gasteiger partial charge in [-0.05, 0) is 98.1 Å². The van der Waals surface area contributed by atoms with Crippen LogP contribution in [-0.4, -0.2) is 35.5 Å². The van der Waals surface area contributed by atoms with Crippen molar-refractivity contribution in [2.24, 2.45) is 29.1 Å². The smallest absolute Gasteiger partial charge is 0.317 e. The van der Waals surface area contributed by atoms with Crippen LogP contribution in [0, 0.1) is 29.1 Å². The van der Waals surface area contributed by atoms with Crippen LogP contribution in [0.15, 0.2) is 24.5 Å². The summed E-state index contributed by atoms with van der Waals surface area (Å²) in [6.45, 7) is 7.06. The molecule has 3 bridgehead atoms. The average molecular weight is 440 g/mol. The van der Waals surface area contributed by atoms with Crippen LogP contribution in [-0.2, 0) is 6.42 Å². The number of aromatic nitrogens is 1. The Labute approximate surface area is 195 Å². The number of hydrogen-bond acceptors (Lipinski definition) is 2. The first kappa shape index (κ1) is 23.6. The minimum Gasteiger partial charge on any atom is -0.338 e. The molecular weight excluding hydrogens is 394 g/mol. The highest BCUT2D eigenvalue weighted by Gasteiger charge is 2.51. The zero-order valence-electron chi connectivity index (χ0n) is 20.5. The van der Waals surface area contributed by atoms with Gasteiger partial charge in [-0.15, -0.1) is 0 Å². The summed E-state index contributed by atoms with van der Waals surface area (Å²) in [6.07, 6.45) is 19.6. The Bertz CT molecular complexity index is 723. The molecule has 4 nitrogen and oxygen atoms in total. The van der Waals surface area contributed by atoms with Crippen LogP contribution in [0.2, 0.25) is 0 Å². The second-order valence-corrected chi connectivity index (χ2v) is 11.4. The van der Waals surface area contributed by atoms with Crippen molar-refractivity contribution >= 4 is 6.03 Å². The van der Waals surface area contributed by atoms with Crippen LogP contribution < -0.4 is 5.32 Å². The molecule has 1 aromatic rings. The topological polar surface area (TPSA) is 45.2 Å². The number of nitrogens with zero attached hydrogens (tertiary/aromatic N) is 2. The number of amides is 2. The molecule has 4 heteroatoms. The predicted molar refractivity (Wildman–Crippen MR) is 131 cm³/mol. The molecule has 1 heterocycles. The van der Waals surface area contributed by atoms with Gasteiger partial charge < -0.3 is 10.2 Å². The van der Waals surface area contributed by atoms with Gasteiger partial charge >= 0.3 is 6.03 Å². The third-order valence-electron chi connectivity index (χ3n) is 8.88. The summed E-state index contributed by atoms with van der Waals surface area (Å²) in [7, 11) is 0. The lowest BCUT2D eigenvalue weighted by molar-refractivity contribution is 0.134. The van der Waals surface area contributed by atoms with E-state index >= 15 is 0 Å². The van der Waals surface area contributed by atoms with Gasteiger partial charge in [0.15, 0.2) is 0 Å². The molecule has 0 aromatic carbocycles. The summed E-state index contributed by atoms with van der Waals surface area (Å²) in [5.41, 5.74) is 1.83. The highest BCUT2D eigenvalue weighted by Crippen LogP contribution is 2.61. The van der Waals surface area contributed by atoms with Crippen LogP contribution in [0.3, 0.4) is 0 Å². The molecule has 5 atom stereocenters. The molecule has 4 unspecified atom stereocenters. The molecule has 0 saturated heterocycles. The van der Waals surface area contributed by atoms with Crippen molar-refractivity contribution in [1.29, 1.82) is 0 Å². The van der Waals surface area contributed by atoms with E-state index in [9.17, 15) is 4.79 Å². The third-order valence-corrected chi connectivity index (χ3v) is 8.88. The SMILES string of the molecule is CCCCCN(CCC12CCCC3CC(C[C@@H]1C3)C2)C(=O)NCC(C)Cc1ccncc1. The van der Waals surface area contributed by atoms with Gasteiger partial charge in [0.2, 0.25) is 0 Å². The number of nitrogens with one attached hydrogen (secondary N) is 1. The predicted octanol–water partition coefficient (Wildman–Crippen LogP) is 6.46. The largest absolute Gasteiger partial charge is 0.338 e. The number of carbonyl (C=O) groups excluding carboxylic acids is 1. The van der Waals surface area contributed by atoms with Gasteiger partial charge in [0, 0.05) is 32.0 Å². The standard InChI is InChI=1S/C28H45N3O/c1-3-4-5-14-31(27(32)30-21-22(2)16-23-8-12-29-13-9-23)15-11-28-10-6-7-24-17-25(20-28)19-26(28)18-24/h8-9,12-13,22,24-26H,3-7,10-11,14-21H2,1-2H3,(H,30,32)/t22?,24?,25?,26-,28?/m0/s1. The molecule has 0 radical (unpaired) electrons. The van der Waals surface area contributed by atoms with Crippen LogP contribution in [0.25, 0.3) is 0 Å². The van der Waals surface area contributed by atoms with Gasteiger partial charge in [-0.1, -0.05) is 39.5 Å². The molecule has 3 aliphatic rings. The number of unbranched alkanes of at least 4 members (excludes halogenated alkanes) is 2. The van der Waals surface area contributed by atoms with Gasteiger partial charge in [0.1, 0.15) is 0 Å². The van der Waals surface area contributed by atoms with Crippen molar-refractivity contribution in [2.45, 2.75) is 90.9 Å². The first-order chi connectivity index (χ1) is 15.6. The molecule has 4 rings (SSSR count). The maximum atomic E-state index is 13.2. The Morgan fingerprint density at radius 2 is 2.00 bits per heavy atom. The Morgan fingerprint density at radius 3 is 2.81 bits per heavy atom. The lowest BCUT2D eigenvalue weighted by Gasteiger charge is -2.37. The maximum Gasteiger partial charge on any atom is 0.317 e. The quantitative estimate of drug-likeness (QED) is 0.402. The summed E-state index contributed by atoms with van der Waals surface area (Å²) in [5, 5.41) is 3.28. The fraction of sp³-hybridized carbons (Fsp3) is 0.786. The molecule has 1 aromatic heterocycles. The minimum absolute atomic E-state index is 0.159. The number of rotatable bonds is 11. The van der Waals surface area contributed by atoms with Gasteiger partial charge in [-0.2, -0.15) is 0 Å². The molecule has 2 amide bonds. The zero-order chi connectivity index (χ0) is 22.4. The molecule has 0 aliphatic heterocycles. The third kappa shape index (κ3) is 5.85. The van der Waals surface area contributed by atoms with Crippen LogP contribution in [0.1, 0.15) is 90.0 Å². The van der Waals surface area contributed by atoms with E-state index in [2.05, 4.69) is 41.2 Å². The molecule has 32 heavy (non-hydrogen) atoms. The lowest BCUT2D eigenvalue weighted by atomic mass is 9.71. The molecule has 3 aliphatic carbocycles. The average Bonchev–Trinajstić information content (AvgIpc) is 2.96. The number of hydrogen-bond donors (Lipinski definition) is 1. The van der Waals surface area contributed by atoms with Gasteiger partial charge in [0.25, 0.3) is 0 Å². The summed E-state index contributed by atoms with van der Waals surface area (Å²) >= 11 is 0. The summed E-state index contributed by atoms with van der Waals surface area (Å²) in [5.74, 6) is 3.35. The first-order valence-electron chi connectivity index (χ1n) is 13.5. The van der Waals surface area contributed by atoms with E-state index in [1.807, 2.05) is 12.4 Å². The minimum atomic E-state index is 0.159. The van der Waals surface area contributed by atoms with Gasteiger partial charge in [-0.3, -0.25) is 4.98 Å². The Morgan fingerprint density at radius 1 is 1.19 bits per heavy atom. The Balaban J connectivity index is 1.31. The molecular formula is C28H45N3O. The van der Waals surface area contributed by atoms with E-state index in [1.165, 1.54) is 69.8 Å². The number of fused-ring (bicyclic) bond motifs is 2. The van der Waals surface area contributed by atoms with E-state index in [0.717, 1.165) is 50.2 Å². The first-order valence-corrected chi connectivity index (χ1v) is 13.5. The fourth-order valence-corrected chi connectivity index (χ4v) is 7.28. The molecule has 178 valence electrons. The second kappa shape index (κ2) is 11.0. The van der Waals surface area contributed by atoms with E-state index < -0.39 is 0 Å². The lowest BCUT2D eigenvalue weighted by Crippen LogP contribution is -2.44. The summed E-state index contributed by atoms with van der Waals surface area (Å²) < 4.78 is 0. The van der Waals surface area contributed by atoms with E-state index in [-0.39, 0.29) is 6.03 Å². The molecule has 3 fully saturated rings. The highest BCUT2D eigenvalue weighted by atomic mass is 16.2. The van der Waals surface area contributed by atoms with E-state index in [1.54, 1.807) is 0 Å². The van der Waals surface area contributed by atoms with Crippen molar-refractivity contribution in [3.63, 3.8) is 0 Å². The summed E-state index contributed by atoms with van der Waals surface area (Å²) in [6, 6.07) is 4.31. The van der Waals surface area contributed by atoms with Gasteiger partial charge in [-0.25, -0.2) is 4.79 Å². The maximum absolute atomic E-state index is 13.2. The van der Waals surface area contributed by atoms with Crippen LogP contribution in [0.4, 0.5) is 4.79 Å². The van der Waals surface area contributed by atoms with Crippen LogP contribution >= 0.6 is 0 Å². The summed E-state index contributed by atoms with van der Waals surface area (Å²) in [4.78, 5) is 19.5. The van der Waals surface area contributed by atoms with Crippen molar-refractivity contribution in [3.8, 4) is 0 Å². The highest BCUT2D eigenvalue weighted by molar-refractivity contribution is 5.74. The monoisotopic (exact) mass is 439 g/mol. The second-order valence-electron chi connectivity index (χ2n) is 11.4. The van der Waals surface area contributed by atoms with Crippen molar-refractivity contribution in [1.82, 2.24) is 15.2 Å². The van der Waals surface area contributed by atoms with Crippen molar-refractivity contribution in [3.05, 3.63) is 30.1 Å². The molecule has 3 saturated carbocycles. The number of pyridine rings is 1. The number of urea groups is 1. The van der Waals surface area contributed by atoms with Gasteiger partial charge in [0.05, 0.1) is 0 Å². The molecule has 1 N–H and O–H groups in total. The van der Waals surface area contributed by atoms with Crippen molar-refractivity contribution in [2.75, 3.05) is 19.6 Å².